The first kappa shape index (κ1) is 12.0. The first-order chi connectivity index (χ1) is 7.15. The van der Waals surface area contributed by atoms with Crippen molar-refractivity contribution < 1.29 is 4.79 Å². The Labute approximate surface area is 91.2 Å². The summed E-state index contributed by atoms with van der Waals surface area (Å²) in [5, 5.41) is 2.69. The molecule has 84 valence electrons. The van der Waals surface area contributed by atoms with Crippen LogP contribution in [0.1, 0.15) is 19.8 Å². The molecule has 0 bridgehead atoms. The quantitative estimate of drug-likeness (QED) is 0.619. The highest BCUT2D eigenvalue weighted by atomic mass is 16.2. The van der Waals surface area contributed by atoms with Gasteiger partial charge in [-0.2, -0.15) is 0 Å². The normalized spacial score (nSPS) is 24.2. The first-order valence-electron chi connectivity index (χ1n) is 5.36. The number of likely N-dealkylation sites (tertiary alicyclic amines) is 1. The number of carbonyl (C=O) groups is 1. The molecule has 1 aliphatic rings. The van der Waals surface area contributed by atoms with Gasteiger partial charge >= 0.3 is 0 Å². The minimum atomic E-state index is -0.135. The van der Waals surface area contributed by atoms with Gasteiger partial charge in [0.05, 0.1) is 12.6 Å². The van der Waals surface area contributed by atoms with Crippen LogP contribution in [0, 0.1) is 12.3 Å². The summed E-state index contributed by atoms with van der Waals surface area (Å²) >= 11 is 0. The number of nitrogens with two attached hydrogens (primary N) is 1. The molecule has 0 aromatic carbocycles. The summed E-state index contributed by atoms with van der Waals surface area (Å²) in [7, 11) is 0. The second-order valence-corrected chi connectivity index (χ2v) is 4.00. The molecular formula is C11H19N3O. The largest absolute Gasteiger partial charge is 0.344 e. The lowest BCUT2D eigenvalue weighted by molar-refractivity contribution is -0.126. The molecule has 0 spiro atoms. The molecule has 0 radical (unpaired) electrons. The summed E-state index contributed by atoms with van der Waals surface area (Å²) in [6.45, 7) is 3.93. The lowest BCUT2D eigenvalue weighted by Gasteiger charge is -2.34. The number of terminal acetylenes is 1. The number of nitrogens with one attached hydrogen (secondary N) is 1. The minimum absolute atomic E-state index is 0.0120. The van der Waals surface area contributed by atoms with Gasteiger partial charge in [-0.15, -0.1) is 6.42 Å². The van der Waals surface area contributed by atoms with Gasteiger partial charge in [0.25, 0.3) is 0 Å². The van der Waals surface area contributed by atoms with E-state index in [9.17, 15) is 4.79 Å². The molecule has 1 saturated heterocycles. The maximum atomic E-state index is 11.6. The Kier molecular flexibility index (Phi) is 4.60. The zero-order valence-corrected chi connectivity index (χ0v) is 9.20. The lowest BCUT2D eigenvalue weighted by atomic mass is 10.0. The second-order valence-electron chi connectivity index (χ2n) is 4.00. The van der Waals surface area contributed by atoms with Crippen molar-refractivity contribution in [2.45, 2.75) is 31.8 Å². The fraction of sp³-hybridized carbons (Fsp3) is 0.727. The summed E-state index contributed by atoms with van der Waals surface area (Å²) in [6.07, 6.45) is 7.19. The highest BCUT2D eigenvalue weighted by Gasteiger charge is 2.25. The van der Waals surface area contributed by atoms with Crippen molar-refractivity contribution >= 4 is 5.91 Å². The summed E-state index contributed by atoms with van der Waals surface area (Å²) in [5.41, 5.74) is 5.86. The lowest BCUT2D eigenvalue weighted by Crippen LogP contribution is -2.52. The molecule has 1 fully saturated rings. The van der Waals surface area contributed by atoms with Gasteiger partial charge in [-0.3, -0.25) is 9.69 Å². The summed E-state index contributed by atoms with van der Waals surface area (Å²) in [4.78, 5) is 13.7. The first-order valence-corrected chi connectivity index (χ1v) is 5.36. The molecule has 1 rings (SSSR count). The molecule has 15 heavy (non-hydrogen) atoms. The van der Waals surface area contributed by atoms with Crippen LogP contribution in [0.4, 0.5) is 0 Å². The molecule has 1 heterocycles. The molecule has 2 unspecified atom stereocenters. The van der Waals surface area contributed by atoms with Crippen molar-refractivity contribution in [1.29, 1.82) is 0 Å². The van der Waals surface area contributed by atoms with Crippen LogP contribution in [0.5, 0.6) is 0 Å². The van der Waals surface area contributed by atoms with Gasteiger partial charge in [0.1, 0.15) is 0 Å². The maximum absolute atomic E-state index is 11.6. The van der Waals surface area contributed by atoms with E-state index in [2.05, 4.69) is 16.1 Å². The Morgan fingerprint density at radius 3 is 3.13 bits per heavy atom. The average molecular weight is 209 g/mol. The van der Waals surface area contributed by atoms with Crippen LogP contribution in [0.15, 0.2) is 0 Å². The standard InChI is InChI=1S/C11H19N3O/c1-3-6-13-11(15)9(2)14-7-4-5-10(12)8-14/h1,9-10H,4-8,12H2,2H3,(H,13,15). The number of amides is 1. The SMILES string of the molecule is C#CCNC(=O)C(C)N1CCCC(N)C1. The van der Waals surface area contributed by atoms with E-state index >= 15 is 0 Å². The predicted octanol–water partition coefficient (Wildman–Crippen LogP) is -0.453. The van der Waals surface area contributed by atoms with E-state index in [0.717, 1.165) is 25.9 Å². The zero-order chi connectivity index (χ0) is 11.3. The predicted molar refractivity (Wildman–Crippen MR) is 60.1 cm³/mol. The molecule has 0 saturated carbocycles. The number of hydrogen-bond donors (Lipinski definition) is 2. The molecule has 1 amide bonds. The Bertz CT molecular complexity index is 259. The Morgan fingerprint density at radius 1 is 1.80 bits per heavy atom. The van der Waals surface area contributed by atoms with Crippen LogP contribution in [-0.2, 0) is 4.79 Å². The van der Waals surface area contributed by atoms with Gasteiger partial charge in [0.2, 0.25) is 5.91 Å². The van der Waals surface area contributed by atoms with Gasteiger partial charge in [-0.1, -0.05) is 5.92 Å². The smallest absolute Gasteiger partial charge is 0.237 e. The van der Waals surface area contributed by atoms with E-state index in [4.69, 9.17) is 12.2 Å². The Hall–Kier alpha value is -1.05. The van der Waals surface area contributed by atoms with E-state index in [-0.39, 0.29) is 18.0 Å². The maximum Gasteiger partial charge on any atom is 0.237 e. The van der Waals surface area contributed by atoms with Gasteiger partial charge < -0.3 is 11.1 Å². The molecule has 4 nitrogen and oxygen atoms in total. The molecule has 4 heteroatoms. The molecular weight excluding hydrogens is 190 g/mol. The van der Waals surface area contributed by atoms with Crippen molar-refractivity contribution in [3.05, 3.63) is 0 Å². The van der Waals surface area contributed by atoms with Crippen LogP contribution >= 0.6 is 0 Å². The van der Waals surface area contributed by atoms with E-state index in [1.165, 1.54) is 0 Å². The monoisotopic (exact) mass is 209 g/mol. The minimum Gasteiger partial charge on any atom is -0.344 e. The highest BCUT2D eigenvalue weighted by molar-refractivity contribution is 5.81. The molecule has 0 aromatic rings. The third-order valence-corrected chi connectivity index (χ3v) is 2.78. The summed E-state index contributed by atoms with van der Waals surface area (Å²) in [5.74, 6) is 2.38. The van der Waals surface area contributed by atoms with Gasteiger partial charge in [-0.05, 0) is 26.3 Å². The second kappa shape index (κ2) is 5.74. The number of nitrogens with zero attached hydrogens (tertiary/aromatic N) is 1. The van der Waals surface area contributed by atoms with Gasteiger partial charge in [-0.25, -0.2) is 0 Å². The Morgan fingerprint density at radius 2 is 2.53 bits per heavy atom. The van der Waals surface area contributed by atoms with Gasteiger partial charge in [0, 0.05) is 12.6 Å². The van der Waals surface area contributed by atoms with Gasteiger partial charge in [0.15, 0.2) is 0 Å². The van der Waals surface area contributed by atoms with Crippen molar-refractivity contribution in [3.8, 4) is 12.3 Å². The topological polar surface area (TPSA) is 58.4 Å². The van der Waals surface area contributed by atoms with Crippen LogP contribution in [0.3, 0.4) is 0 Å². The average Bonchev–Trinajstić information content (AvgIpc) is 2.24. The van der Waals surface area contributed by atoms with Crippen molar-refractivity contribution in [3.63, 3.8) is 0 Å². The van der Waals surface area contributed by atoms with Crippen molar-refractivity contribution in [1.82, 2.24) is 10.2 Å². The number of carbonyl (C=O) groups excluding carboxylic acids is 1. The Balaban J connectivity index is 2.41. The molecule has 0 aromatic heterocycles. The fourth-order valence-corrected chi connectivity index (χ4v) is 1.84. The molecule has 1 aliphatic heterocycles. The number of rotatable bonds is 3. The summed E-state index contributed by atoms with van der Waals surface area (Å²) in [6, 6.07) is 0.0614. The van der Waals surface area contributed by atoms with E-state index in [1.54, 1.807) is 0 Å². The van der Waals surface area contributed by atoms with Crippen LogP contribution in [0.25, 0.3) is 0 Å². The zero-order valence-electron chi connectivity index (χ0n) is 9.20. The number of hydrogen-bond acceptors (Lipinski definition) is 3. The van der Waals surface area contributed by atoms with Crippen molar-refractivity contribution in [2.24, 2.45) is 5.73 Å². The summed E-state index contributed by atoms with van der Waals surface area (Å²) < 4.78 is 0. The van der Waals surface area contributed by atoms with E-state index in [1.807, 2.05) is 6.92 Å². The van der Waals surface area contributed by atoms with E-state index < -0.39 is 0 Å². The molecule has 2 atom stereocenters. The van der Waals surface area contributed by atoms with Crippen LogP contribution < -0.4 is 11.1 Å². The highest BCUT2D eigenvalue weighted by Crippen LogP contribution is 2.11. The van der Waals surface area contributed by atoms with Crippen LogP contribution in [0.2, 0.25) is 0 Å². The van der Waals surface area contributed by atoms with Crippen LogP contribution in [-0.4, -0.2) is 42.5 Å². The van der Waals surface area contributed by atoms with Crippen molar-refractivity contribution in [2.75, 3.05) is 19.6 Å². The van der Waals surface area contributed by atoms with E-state index in [0.29, 0.717) is 6.54 Å². The molecule has 0 aliphatic carbocycles. The fourth-order valence-electron chi connectivity index (χ4n) is 1.84. The third kappa shape index (κ3) is 3.54. The third-order valence-electron chi connectivity index (χ3n) is 2.78. The molecule has 3 N–H and O–H groups in total. The number of piperidine rings is 1.